The second-order valence-corrected chi connectivity index (χ2v) is 7.31. The van der Waals surface area contributed by atoms with E-state index in [9.17, 15) is 0 Å². The summed E-state index contributed by atoms with van der Waals surface area (Å²) < 4.78 is 2.45. The molecule has 1 aromatic rings. The summed E-state index contributed by atoms with van der Waals surface area (Å²) in [5.74, 6) is 1.36. The molecular weight excluding hydrogens is 306 g/mol. The number of benzene rings is 1. The van der Waals surface area contributed by atoms with Gasteiger partial charge in [-0.15, -0.1) is 0 Å². The Morgan fingerprint density at radius 2 is 1.68 bits per heavy atom. The van der Waals surface area contributed by atoms with Crippen LogP contribution in [0, 0.1) is 0 Å². The molecule has 0 atom stereocenters. The van der Waals surface area contributed by atoms with Crippen LogP contribution in [0.5, 0.6) is 0 Å². The molecule has 25 heavy (non-hydrogen) atoms. The number of para-hydroxylation sites is 1. The largest absolute Gasteiger partial charge is 0.357 e. The number of likely N-dealkylation sites (N-methyl/N-ethyl adjacent to an activating group) is 2. The highest BCUT2D eigenvalue weighted by molar-refractivity contribution is 6.03. The van der Waals surface area contributed by atoms with Crippen LogP contribution in [-0.4, -0.2) is 52.8 Å². The molecule has 0 unspecified atom stereocenters. The molecule has 1 fully saturated rings. The Balaban J connectivity index is 1.94. The molecule has 3 heteroatoms. The zero-order valence-electron chi connectivity index (χ0n) is 16.4. The third kappa shape index (κ3) is 3.01. The number of hydrogen-bond acceptors (Lipinski definition) is 2. The van der Waals surface area contributed by atoms with Crippen LogP contribution < -0.4 is 0 Å². The first-order valence-electron chi connectivity index (χ1n) is 9.67. The minimum atomic E-state index is 0.0478. The molecule has 1 saturated heterocycles. The maximum Gasteiger partial charge on any atom is 0.209 e. The fraction of sp³-hybridized carbons (Fsp3) is 0.500. The van der Waals surface area contributed by atoms with Gasteiger partial charge in [-0.05, 0) is 40.7 Å². The Hall–Kier alpha value is -2.03. The molecule has 0 N–H and O–H groups in total. The molecular formula is C22H32N3+. The highest BCUT2D eigenvalue weighted by atomic mass is 15.4. The Bertz CT molecular complexity index is 711. The van der Waals surface area contributed by atoms with Crippen molar-refractivity contribution in [3.63, 3.8) is 0 Å². The van der Waals surface area contributed by atoms with Crippen LogP contribution in [0.3, 0.4) is 0 Å². The van der Waals surface area contributed by atoms with Gasteiger partial charge in [0.1, 0.15) is 12.4 Å². The van der Waals surface area contributed by atoms with Crippen LogP contribution in [-0.2, 0) is 5.41 Å². The van der Waals surface area contributed by atoms with Gasteiger partial charge in [0.2, 0.25) is 5.69 Å². The van der Waals surface area contributed by atoms with E-state index in [2.05, 4.69) is 91.5 Å². The lowest BCUT2D eigenvalue weighted by Crippen LogP contribution is -2.27. The molecule has 0 amide bonds. The Labute approximate surface area is 153 Å². The summed E-state index contributed by atoms with van der Waals surface area (Å²) in [4.78, 5) is 4.93. The fourth-order valence-corrected chi connectivity index (χ4v) is 4.23. The molecule has 0 aromatic heterocycles. The second-order valence-electron chi connectivity index (χ2n) is 7.31. The van der Waals surface area contributed by atoms with Crippen molar-refractivity contribution in [2.45, 2.75) is 40.0 Å². The quantitative estimate of drug-likeness (QED) is 0.747. The van der Waals surface area contributed by atoms with Gasteiger partial charge >= 0.3 is 0 Å². The van der Waals surface area contributed by atoms with Crippen molar-refractivity contribution in [2.75, 3.05) is 32.7 Å². The highest BCUT2D eigenvalue weighted by Gasteiger charge is 2.43. The first-order valence-corrected chi connectivity index (χ1v) is 9.67. The number of hydrogen-bond donors (Lipinski definition) is 0. The molecule has 1 aromatic carbocycles. The summed E-state index contributed by atoms with van der Waals surface area (Å²) in [5.41, 5.74) is 4.22. The van der Waals surface area contributed by atoms with Crippen molar-refractivity contribution in [1.82, 2.24) is 9.80 Å². The molecule has 0 spiro atoms. The maximum absolute atomic E-state index is 2.46. The Morgan fingerprint density at radius 1 is 1.04 bits per heavy atom. The molecule has 2 aliphatic heterocycles. The SMILES string of the molecule is CCN1CCN(CC)C1=C/C=C/C1=[N+](CC)c2ccccc2C1(C)C. The Kier molecular flexibility index (Phi) is 5.03. The van der Waals surface area contributed by atoms with E-state index in [1.165, 1.54) is 22.8 Å². The van der Waals surface area contributed by atoms with Gasteiger partial charge in [0, 0.05) is 43.9 Å². The first-order chi connectivity index (χ1) is 12.0. The minimum Gasteiger partial charge on any atom is -0.357 e. The lowest BCUT2D eigenvalue weighted by atomic mass is 9.81. The predicted octanol–water partition coefficient (Wildman–Crippen LogP) is 4.14. The predicted molar refractivity (Wildman–Crippen MR) is 107 cm³/mol. The van der Waals surface area contributed by atoms with Gasteiger partial charge in [-0.1, -0.05) is 24.3 Å². The van der Waals surface area contributed by atoms with Gasteiger partial charge in [0.25, 0.3) is 0 Å². The monoisotopic (exact) mass is 338 g/mol. The molecule has 0 aliphatic carbocycles. The topological polar surface area (TPSA) is 9.49 Å². The van der Waals surface area contributed by atoms with Crippen LogP contribution in [0.15, 0.2) is 48.3 Å². The summed E-state index contributed by atoms with van der Waals surface area (Å²) in [7, 11) is 0. The second kappa shape index (κ2) is 7.07. The average molecular weight is 339 g/mol. The molecule has 3 rings (SSSR count). The summed E-state index contributed by atoms with van der Waals surface area (Å²) in [6.45, 7) is 16.8. The van der Waals surface area contributed by atoms with Crippen LogP contribution in [0.1, 0.15) is 40.2 Å². The standard InChI is InChI=1S/C22H32N3/c1-6-23-16-17-24(7-2)21(23)15-11-14-20-22(4,5)18-12-9-10-13-19(18)25(20)8-3/h9-15H,6-8,16-17H2,1-5H3/q+1. The summed E-state index contributed by atoms with van der Waals surface area (Å²) in [5, 5.41) is 0. The number of fused-ring (bicyclic) bond motifs is 1. The van der Waals surface area contributed by atoms with Crippen molar-refractivity contribution >= 4 is 11.4 Å². The summed E-state index contributed by atoms with van der Waals surface area (Å²) >= 11 is 0. The molecule has 0 saturated carbocycles. The van der Waals surface area contributed by atoms with Gasteiger partial charge in [-0.2, -0.15) is 4.58 Å². The van der Waals surface area contributed by atoms with E-state index in [1.54, 1.807) is 0 Å². The lowest BCUT2D eigenvalue weighted by Gasteiger charge is -2.22. The van der Waals surface area contributed by atoms with E-state index in [0.29, 0.717) is 0 Å². The molecule has 2 aliphatic rings. The first kappa shape index (κ1) is 17.8. The van der Waals surface area contributed by atoms with Gasteiger partial charge < -0.3 is 9.80 Å². The number of allylic oxidation sites excluding steroid dienone is 3. The molecule has 3 nitrogen and oxygen atoms in total. The average Bonchev–Trinajstić information content (AvgIpc) is 3.11. The van der Waals surface area contributed by atoms with Crippen molar-refractivity contribution in [3.8, 4) is 0 Å². The van der Waals surface area contributed by atoms with Gasteiger partial charge in [-0.3, -0.25) is 0 Å². The summed E-state index contributed by atoms with van der Waals surface area (Å²) in [6.07, 6.45) is 6.86. The molecule has 0 bridgehead atoms. The highest BCUT2D eigenvalue weighted by Crippen LogP contribution is 2.39. The van der Waals surface area contributed by atoms with Crippen LogP contribution in [0.4, 0.5) is 5.69 Å². The van der Waals surface area contributed by atoms with E-state index in [-0.39, 0.29) is 5.41 Å². The van der Waals surface area contributed by atoms with Crippen molar-refractivity contribution < 1.29 is 4.58 Å². The molecule has 134 valence electrons. The lowest BCUT2D eigenvalue weighted by molar-refractivity contribution is -0.433. The molecule has 0 radical (unpaired) electrons. The zero-order valence-corrected chi connectivity index (χ0v) is 16.4. The van der Waals surface area contributed by atoms with E-state index in [0.717, 1.165) is 32.7 Å². The van der Waals surface area contributed by atoms with Gasteiger partial charge in [0.05, 0.1) is 5.41 Å². The smallest absolute Gasteiger partial charge is 0.209 e. The number of rotatable bonds is 5. The zero-order chi connectivity index (χ0) is 18.0. The Morgan fingerprint density at radius 3 is 2.28 bits per heavy atom. The van der Waals surface area contributed by atoms with Crippen molar-refractivity contribution in [1.29, 1.82) is 0 Å². The fourth-order valence-electron chi connectivity index (χ4n) is 4.23. The van der Waals surface area contributed by atoms with Crippen LogP contribution >= 0.6 is 0 Å². The van der Waals surface area contributed by atoms with E-state index in [1.807, 2.05) is 0 Å². The third-order valence-electron chi connectivity index (χ3n) is 5.67. The third-order valence-corrected chi connectivity index (χ3v) is 5.67. The normalized spacial score (nSPS) is 19.3. The van der Waals surface area contributed by atoms with Crippen molar-refractivity contribution in [3.05, 3.63) is 53.9 Å². The molecule has 2 heterocycles. The minimum absolute atomic E-state index is 0.0478. The van der Waals surface area contributed by atoms with Crippen LogP contribution in [0.2, 0.25) is 0 Å². The van der Waals surface area contributed by atoms with Crippen LogP contribution in [0.25, 0.3) is 0 Å². The van der Waals surface area contributed by atoms with Gasteiger partial charge in [-0.25, -0.2) is 0 Å². The number of nitrogens with zero attached hydrogens (tertiary/aromatic N) is 3. The van der Waals surface area contributed by atoms with E-state index in [4.69, 9.17) is 0 Å². The van der Waals surface area contributed by atoms with E-state index >= 15 is 0 Å². The van der Waals surface area contributed by atoms with Gasteiger partial charge in [0.15, 0.2) is 5.71 Å². The summed E-state index contributed by atoms with van der Waals surface area (Å²) in [6, 6.07) is 8.81. The van der Waals surface area contributed by atoms with E-state index < -0.39 is 0 Å². The van der Waals surface area contributed by atoms with Crippen molar-refractivity contribution in [2.24, 2.45) is 0 Å². The maximum atomic E-state index is 2.46.